The zero-order chi connectivity index (χ0) is 39.3. The van der Waals surface area contributed by atoms with E-state index in [1.807, 2.05) is 36.2 Å². The second-order valence-electron chi connectivity index (χ2n) is 14.2. The van der Waals surface area contributed by atoms with Gasteiger partial charge in [-0.05, 0) is 108 Å². The molecule has 1 amide bonds. The lowest BCUT2D eigenvalue weighted by Gasteiger charge is -2.25. The molecule has 2 aromatic heterocycles. The maximum atomic E-state index is 13.9. The molecule has 0 spiro atoms. The first kappa shape index (κ1) is 35.8. The third-order valence-electron chi connectivity index (χ3n) is 10.7. The average molecular weight is 805 g/mol. The quantitative estimate of drug-likeness (QED) is 0.113. The Bertz CT molecular complexity index is 2580. The zero-order valence-corrected chi connectivity index (χ0v) is 34.2. The van der Waals surface area contributed by atoms with Crippen LogP contribution >= 0.6 is 34.9 Å². The molecule has 8 aromatic rings. The lowest BCUT2D eigenvalue weighted by atomic mass is 10.0. The van der Waals surface area contributed by atoms with Crippen molar-refractivity contribution in [3.63, 3.8) is 0 Å². The Kier molecular flexibility index (Phi) is 9.10. The lowest BCUT2D eigenvalue weighted by Crippen LogP contribution is -2.26. The summed E-state index contributed by atoms with van der Waals surface area (Å²) in [5.41, 5.74) is 12.5. The minimum atomic E-state index is -0.0839. The number of thiophene rings is 2. The number of likely N-dealkylation sites (N-methyl/N-ethyl adjacent to an activating group) is 2. The minimum absolute atomic E-state index is 0.0839. The van der Waals surface area contributed by atoms with Gasteiger partial charge in [-0.25, -0.2) is 0 Å². The Morgan fingerprint density at radius 1 is 0.448 bits per heavy atom. The number of nitrogens with zero attached hydrogens (tertiary/aromatic N) is 4. The van der Waals surface area contributed by atoms with Gasteiger partial charge >= 0.3 is 0 Å². The van der Waals surface area contributed by atoms with Gasteiger partial charge in [-0.15, -0.1) is 22.7 Å². The molecule has 1 aliphatic carbocycles. The van der Waals surface area contributed by atoms with E-state index in [2.05, 4.69) is 168 Å². The largest absolute Gasteiger partial charge is 0.316 e. The smallest absolute Gasteiger partial charge is 0.277 e. The summed E-state index contributed by atoms with van der Waals surface area (Å²) in [7, 11) is 3.66. The third-order valence-corrected chi connectivity index (χ3v) is 13.8. The van der Waals surface area contributed by atoms with Crippen LogP contribution in [-0.2, 0) is 4.79 Å². The van der Waals surface area contributed by atoms with Crippen LogP contribution in [0.4, 0.5) is 34.1 Å². The second-order valence-corrected chi connectivity index (χ2v) is 16.7. The molecule has 6 aromatic carbocycles. The van der Waals surface area contributed by atoms with E-state index in [0.717, 1.165) is 71.7 Å². The van der Waals surface area contributed by atoms with Crippen LogP contribution in [0.2, 0.25) is 0 Å². The van der Waals surface area contributed by atoms with Gasteiger partial charge in [-0.3, -0.25) is 9.69 Å². The molecule has 0 N–H and O–H groups in total. The molecule has 5 nitrogen and oxygen atoms in total. The van der Waals surface area contributed by atoms with E-state index in [1.54, 1.807) is 34.6 Å². The number of fused-ring (bicyclic) bond motifs is 3. The number of hydrogen-bond acceptors (Lipinski definition) is 6. The van der Waals surface area contributed by atoms with Crippen molar-refractivity contribution in [1.29, 1.82) is 0 Å². The molecule has 0 unspecified atom stereocenters. The van der Waals surface area contributed by atoms with Crippen LogP contribution < -0.4 is 9.80 Å². The normalized spacial score (nSPS) is 13.3. The Balaban J connectivity index is 1.04. The van der Waals surface area contributed by atoms with Crippen molar-refractivity contribution in [2.24, 2.45) is 0 Å². The summed E-state index contributed by atoms with van der Waals surface area (Å²) in [6.07, 6.45) is 0. The Morgan fingerprint density at radius 2 is 0.776 bits per heavy atom. The van der Waals surface area contributed by atoms with E-state index >= 15 is 0 Å². The molecule has 8 heteroatoms. The molecular formula is C50H36N4OS3. The Morgan fingerprint density at radius 3 is 1.09 bits per heavy atom. The number of carbonyl (C=O) groups excluding carboxylic acids is 1. The van der Waals surface area contributed by atoms with Crippen LogP contribution in [0.25, 0.3) is 36.2 Å². The first-order valence-electron chi connectivity index (χ1n) is 19.0. The summed E-state index contributed by atoms with van der Waals surface area (Å²) in [6.45, 7) is 0. The van der Waals surface area contributed by atoms with Gasteiger partial charge in [-0.1, -0.05) is 97.1 Å². The predicted octanol–water partition coefficient (Wildman–Crippen LogP) is 13.5. The molecule has 0 bridgehead atoms. The van der Waals surface area contributed by atoms with Crippen molar-refractivity contribution >= 4 is 85.6 Å². The molecule has 2 aliphatic rings. The van der Waals surface area contributed by atoms with Gasteiger partial charge in [0.15, 0.2) is 5.11 Å². The van der Waals surface area contributed by atoms with Crippen LogP contribution in [0.15, 0.2) is 188 Å². The summed E-state index contributed by atoms with van der Waals surface area (Å²) in [5.74, 6) is -0.0839. The van der Waals surface area contributed by atoms with Crippen LogP contribution in [0, 0.1) is 0 Å². The van der Waals surface area contributed by atoms with E-state index in [-0.39, 0.29) is 5.91 Å². The summed E-state index contributed by atoms with van der Waals surface area (Å²) in [6, 6.07) is 63.9. The SMILES string of the molecule is CN1C(=O)C(=C2c3cc(-c4ccc(N(c5ccccc5)c5ccccc5)cc4)sc3-c3sc(-c4ccc(N(c5ccccc5)c5ccccc5)cc4)cc32)N(C)C1=S. The molecule has 280 valence electrons. The molecule has 3 heterocycles. The van der Waals surface area contributed by atoms with Gasteiger partial charge < -0.3 is 14.7 Å². The molecular weight excluding hydrogens is 769 g/mol. The van der Waals surface area contributed by atoms with E-state index in [0.29, 0.717) is 10.8 Å². The number of rotatable bonds is 8. The Hall–Kier alpha value is -6.58. The fourth-order valence-corrected chi connectivity index (χ4v) is 10.6. The monoisotopic (exact) mass is 804 g/mol. The highest BCUT2D eigenvalue weighted by Crippen LogP contribution is 2.57. The maximum Gasteiger partial charge on any atom is 0.277 e. The Labute approximate surface area is 351 Å². The van der Waals surface area contributed by atoms with Gasteiger partial charge in [0, 0.05) is 74.7 Å². The highest BCUT2D eigenvalue weighted by atomic mass is 32.1. The zero-order valence-electron chi connectivity index (χ0n) is 31.7. The van der Waals surface area contributed by atoms with Crippen LogP contribution in [0.5, 0.6) is 0 Å². The van der Waals surface area contributed by atoms with E-state index in [1.165, 1.54) is 9.75 Å². The topological polar surface area (TPSA) is 30.0 Å². The number of para-hydroxylation sites is 4. The maximum absolute atomic E-state index is 13.9. The molecule has 58 heavy (non-hydrogen) atoms. The van der Waals surface area contributed by atoms with Crippen molar-refractivity contribution in [1.82, 2.24) is 9.80 Å². The molecule has 10 rings (SSSR count). The van der Waals surface area contributed by atoms with Gasteiger partial charge in [0.2, 0.25) is 0 Å². The van der Waals surface area contributed by atoms with Crippen molar-refractivity contribution in [2.45, 2.75) is 0 Å². The first-order chi connectivity index (χ1) is 28.4. The predicted molar refractivity (Wildman–Crippen MR) is 247 cm³/mol. The van der Waals surface area contributed by atoms with Crippen molar-refractivity contribution in [3.05, 3.63) is 199 Å². The van der Waals surface area contributed by atoms with Gasteiger partial charge in [-0.2, -0.15) is 0 Å². The molecule has 0 atom stereocenters. The van der Waals surface area contributed by atoms with E-state index < -0.39 is 0 Å². The van der Waals surface area contributed by atoms with Gasteiger partial charge in [0.1, 0.15) is 5.70 Å². The third kappa shape index (κ3) is 6.14. The van der Waals surface area contributed by atoms with Crippen LogP contribution in [0.3, 0.4) is 0 Å². The summed E-state index contributed by atoms with van der Waals surface area (Å²) < 4.78 is 0. The molecule has 1 aliphatic heterocycles. The number of thiocarbonyl (C=S) groups is 1. The standard InChI is InChI=1S/C50H36N4OS3/c1-51-46(49(55)52(2)50(51)56)45-41-31-43(33-23-27-39(28-24-33)53(35-15-7-3-8-16-35)36-17-9-4-10-18-36)57-47(41)48-42(45)32-44(58-48)34-25-29-40(30-26-34)54(37-19-11-5-12-20-37)38-21-13-6-14-22-38/h3-32H,1-2H3. The van der Waals surface area contributed by atoms with Crippen molar-refractivity contribution < 1.29 is 4.79 Å². The first-order valence-corrected chi connectivity index (χ1v) is 21.1. The summed E-state index contributed by atoms with van der Waals surface area (Å²) in [5, 5.41) is 0.502. The molecule has 0 saturated carbocycles. The van der Waals surface area contributed by atoms with Crippen molar-refractivity contribution in [2.75, 3.05) is 23.9 Å². The number of amides is 1. The number of carbonyl (C=O) groups is 1. The fourth-order valence-electron chi connectivity index (χ4n) is 7.91. The number of anilines is 6. The van der Waals surface area contributed by atoms with E-state index in [4.69, 9.17) is 12.2 Å². The molecule has 1 saturated heterocycles. The van der Waals surface area contributed by atoms with Crippen LogP contribution in [-0.4, -0.2) is 34.9 Å². The highest BCUT2D eigenvalue weighted by Gasteiger charge is 2.41. The average Bonchev–Trinajstić information content (AvgIpc) is 4.01. The second kappa shape index (κ2) is 14.7. The van der Waals surface area contributed by atoms with E-state index in [9.17, 15) is 4.79 Å². The van der Waals surface area contributed by atoms with Crippen molar-refractivity contribution in [3.8, 4) is 30.6 Å². The van der Waals surface area contributed by atoms with Crippen LogP contribution in [0.1, 0.15) is 11.1 Å². The highest BCUT2D eigenvalue weighted by molar-refractivity contribution is 7.80. The summed E-state index contributed by atoms with van der Waals surface area (Å²) >= 11 is 9.28. The molecule has 1 fully saturated rings. The molecule has 0 radical (unpaired) electrons. The minimum Gasteiger partial charge on any atom is -0.316 e. The van der Waals surface area contributed by atoms with Gasteiger partial charge in [0.05, 0.1) is 9.75 Å². The number of hydrogen-bond donors (Lipinski definition) is 0. The summed E-state index contributed by atoms with van der Waals surface area (Å²) in [4.78, 5) is 26.5. The number of benzene rings is 6. The van der Waals surface area contributed by atoms with Gasteiger partial charge in [0.25, 0.3) is 5.91 Å². The fraction of sp³-hybridized carbons (Fsp3) is 0.0400. The lowest BCUT2D eigenvalue weighted by molar-refractivity contribution is -0.121.